The Morgan fingerprint density at radius 1 is 0.824 bits per heavy atom. The van der Waals surface area contributed by atoms with Gasteiger partial charge < -0.3 is 0 Å². The molecule has 0 unspecified atom stereocenters. The van der Waals surface area contributed by atoms with Gasteiger partial charge in [-0.25, -0.2) is 0 Å². The summed E-state index contributed by atoms with van der Waals surface area (Å²) in [7, 11) is 0.940. The zero-order valence-electron chi connectivity index (χ0n) is 12.2. The maximum absolute atomic E-state index is 2.32. The Balaban J connectivity index is 0.000000318. The topological polar surface area (TPSA) is 0 Å². The molecular formula is C15H30Si2. The molecule has 0 saturated heterocycles. The molecule has 17 heavy (non-hydrogen) atoms. The van der Waals surface area contributed by atoms with Crippen molar-refractivity contribution in [3.8, 4) is 0 Å². The van der Waals surface area contributed by atoms with E-state index in [1.165, 1.54) is 34.7 Å². The molecule has 1 aromatic rings. The van der Waals surface area contributed by atoms with Crippen molar-refractivity contribution in [3.05, 3.63) is 30.3 Å². The molecule has 0 atom stereocenters. The van der Waals surface area contributed by atoms with E-state index in [9.17, 15) is 0 Å². The molecule has 0 aromatic heterocycles. The monoisotopic (exact) mass is 266 g/mol. The van der Waals surface area contributed by atoms with Crippen LogP contribution in [0, 0.1) is 0 Å². The maximum Gasteiger partial charge on any atom is 0.0384 e. The molecule has 0 spiro atoms. The molecule has 0 amide bonds. The van der Waals surface area contributed by atoms with Crippen molar-refractivity contribution < 1.29 is 0 Å². The molecule has 0 aliphatic heterocycles. The number of benzene rings is 1. The molecular weight excluding hydrogens is 236 g/mol. The molecule has 0 saturated carbocycles. The molecule has 0 aliphatic carbocycles. The van der Waals surface area contributed by atoms with E-state index in [0.717, 1.165) is 0 Å². The molecule has 0 aliphatic rings. The van der Waals surface area contributed by atoms with Gasteiger partial charge in [-0.3, -0.25) is 0 Å². The van der Waals surface area contributed by atoms with Crippen LogP contribution >= 0.6 is 0 Å². The van der Waals surface area contributed by atoms with Crippen LogP contribution in [0.25, 0.3) is 0 Å². The van der Waals surface area contributed by atoms with Crippen LogP contribution in [0.2, 0.25) is 18.1 Å². The molecule has 1 rings (SSSR count). The van der Waals surface area contributed by atoms with E-state index in [2.05, 4.69) is 45.0 Å². The Kier molecular flexibility index (Phi) is 11.9. The van der Waals surface area contributed by atoms with Crippen LogP contribution in [0.3, 0.4) is 0 Å². The van der Waals surface area contributed by atoms with Crippen molar-refractivity contribution in [2.45, 2.75) is 58.2 Å². The van der Waals surface area contributed by atoms with Crippen LogP contribution in [-0.4, -0.2) is 19.0 Å². The van der Waals surface area contributed by atoms with Crippen LogP contribution in [0.15, 0.2) is 30.3 Å². The van der Waals surface area contributed by atoms with Crippen LogP contribution in [0.5, 0.6) is 0 Å². The maximum atomic E-state index is 2.32. The summed E-state index contributed by atoms with van der Waals surface area (Å²) in [5.41, 5.74) is 0. The number of hydrogen-bond acceptors (Lipinski definition) is 0. The molecule has 0 fully saturated rings. The molecule has 0 heterocycles. The summed E-state index contributed by atoms with van der Waals surface area (Å²) in [6.07, 6.45) is 4.28. The van der Waals surface area contributed by atoms with Crippen LogP contribution in [-0.2, 0) is 0 Å². The van der Waals surface area contributed by atoms with Crippen molar-refractivity contribution in [1.29, 1.82) is 0 Å². The molecule has 1 aromatic carbocycles. The van der Waals surface area contributed by atoms with Gasteiger partial charge in [0.2, 0.25) is 0 Å². The normalized spacial score (nSPS) is 10.1. The molecule has 0 radical (unpaired) electrons. The molecule has 0 N–H and O–H groups in total. The Morgan fingerprint density at radius 2 is 1.24 bits per heavy atom. The first kappa shape index (κ1) is 16.7. The van der Waals surface area contributed by atoms with E-state index in [-0.39, 0.29) is 8.80 Å². The Labute approximate surface area is 113 Å². The van der Waals surface area contributed by atoms with Crippen LogP contribution in [0.4, 0.5) is 0 Å². The van der Waals surface area contributed by atoms with Crippen molar-refractivity contribution in [2.75, 3.05) is 0 Å². The predicted octanol–water partition coefficient (Wildman–Crippen LogP) is 3.12. The summed E-state index contributed by atoms with van der Waals surface area (Å²) in [4.78, 5) is 0. The molecule has 0 bridgehead atoms. The van der Waals surface area contributed by atoms with E-state index in [4.69, 9.17) is 0 Å². The second kappa shape index (κ2) is 12.1. The van der Waals surface area contributed by atoms with Gasteiger partial charge in [0.15, 0.2) is 0 Å². The fourth-order valence-electron chi connectivity index (χ4n) is 2.19. The third-order valence-corrected chi connectivity index (χ3v) is 7.88. The second-order valence-corrected chi connectivity index (χ2v) is 9.51. The lowest BCUT2D eigenvalue weighted by Crippen LogP contribution is -2.09. The smallest absolute Gasteiger partial charge is 0.0384 e. The van der Waals surface area contributed by atoms with Gasteiger partial charge in [0.05, 0.1) is 0 Å². The van der Waals surface area contributed by atoms with Crippen LogP contribution < -0.4 is 5.19 Å². The van der Waals surface area contributed by atoms with Crippen molar-refractivity contribution in [1.82, 2.24) is 0 Å². The van der Waals surface area contributed by atoms with E-state index < -0.39 is 0 Å². The molecule has 98 valence electrons. The summed E-state index contributed by atoms with van der Waals surface area (Å²) in [5.74, 6) is 0. The highest BCUT2D eigenvalue weighted by atomic mass is 28.3. The molecule has 0 nitrogen and oxygen atoms in total. The first-order chi connectivity index (χ1) is 8.24. The average Bonchev–Trinajstić information content (AvgIpc) is 2.32. The summed E-state index contributed by atoms with van der Waals surface area (Å²) in [5, 5.41) is 1.46. The highest BCUT2D eigenvalue weighted by Crippen LogP contribution is 2.11. The summed E-state index contributed by atoms with van der Waals surface area (Å²) in [6.45, 7) is 6.97. The Morgan fingerprint density at radius 3 is 1.47 bits per heavy atom. The lowest BCUT2D eigenvalue weighted by molar-refractivity contribution is 0.957. The van der Waals surface area contributed by atoms with Crippen molar-refractivity contribution in [3.63, 3.8) is 0 Å². The minimum Gasteiger partial charge on any atom is -0.0708 e. The van der Waals surface area contributed by atoms with Gasteiger partial charge in [0.25, 0.3) is 0 Å². The largest absolute Gasteiger partial charge is 0.0708 e. The third kappa shape index (κ3) is 10.5. The van der Waals surface area contributed by atoms with Gasteiger partial charge in [-0.15, -0.1) is 0 Å². The van der Waals surface area contributed by atoms with Crippen molar-refractivity contribution in [2.24, 2.45) is 0 Å². The van der Waals surface area contributed by atoms with Gasteiger partial charge >= 0.3 is 0 Å². The lowest BCUT2D eigenvalue weighted by atomic mass is 10.4. The Bertz CT molecular complexity index is 232. The van der Waals surface area contributed by atoms with Crippen molar-refractivity contribution >= 4 is 24.2 Å². The zero-order valence-corrected chi connectivity index (χ0v) is 15.4. The zero-order chi connectivity index (χ0) is 12.9. The van der Waals surface area contributed by atoms with E-state index >= 15 is 0 Å². The van der Waals surface area contributed by atoms with Gasteiger partial charge in [0, 0.05) is 19.0 Å². The Hall–Kier alpha value is -0.346. The fraction of sp³-hybridized carbons (Fsp3) is 0.600. The van der Waals surface area contributed by atoms with Gasteiger partial charge in [-0.2, -0.15) is 0 Å². The summed E-state index contributed by atoms with van der Waals surface area (Å²) in [6, 6.07) is 15.2. The lowest BCUT2D eigenvalue weighted by Gasteiger charge is -2.10. The van der Waals surface area contributed by atoms with E-state index in [0.29, 0.717) is 0 Å². The van der Waals surface area contributed by atoms with Gasteiger partial charge in [-0.1, -0.05) is 93.7 Å². The summed E-state index contributed by atoms with van der Waals surface area (Å²) < 4.78 is 0. The first-order valence-corrected chi connectivity index (χ1v) is 10.7. The number of hydrogen-bond donors (Lipinski definition) is 0. The second-order valence-electron chi connectivity index (χ2n) is 4.89. The minimum atomic E-state index is -0.234. The van der Waals surface area contributed by atoms with E-state index in [1.807, 2.05) is 6.07 Å². The molecule has 2 heteroatoms. The standard InChI is InChI=1S/C9H22Si.C6H8Si/c1-4-7-10(8-5-2)9-6-3;7-6-4-2-1-3-5-6/h10H,4-9H2,1-3H3;1-5H,7H3. The van der Waals surface area contributed by atoms with Crippen LogP contribution in [0.1, 0.15) is 40.0 Å². The minimum absolute atomic E-state index is 0.234. The summed E-state index contributed by atoms with van der Waals surface area (Å²) >= 11 is 0. The number of rotatable bonds is 6. The quantitative estimate of drug-likeness (QED) is 0.694. The van der Waals surface area contributed by atoms with Gasteiger partial charge in [0.1, 0.15) is 0 Å². The highest BCUT2D eigenvalue weighted by Gasteiger charge is 2.05. The van der Waals surface area contributed by atoms with E-state index in [1.54, 1.807) is 18.1 Å². The predicted molar refractivity (Wildman–Crippen MR) is 88.5 cm³/mol. The average molecular weight is 267 g/mol. The SMILES string of the molecule is CCC[SiH](CCC)CCC.[SiH3]c1ccccc1. The van der Waals surface area contributed by atoms with Gasteiger partial charge in [-0.05, 0) is 0 Å². The fourth-order valence-corrected chi connectivity index (χ4v) is 5.89. The first-order valence-electron chi connectivity index (χ1n) is 7.26. The highest BCUT2D eigenvalue weighted by molar-refractivity contribution is 6.58. The third-order valence-electron chi connectivity index (χ3n) is 3.03.